The summed E-state index contributed by atoms with van der Waals surface area (Å²) >= 11 is 0. The highest BCUT2D eigenvalue weighted by molar-refractivity contribution is 5.92. The zero-order valence-corrected chi connectivity index (χ0v) is 15.1. The van der Waals surface area contributed by atoms with E-state index in [1.165, 1.54) is 5.56 Å². The summed E-state index contributed by atoms with van der Waals surface area (Å²) in [5.41, 5.74) is 2.94. The van der Waals surface area contributed by atoms with Gasteiger partial charge in [-0.1, -0.05) is 32.0 Å². The average molecular weight is 338 g/mol. The molecule has 2 aromatic rings. The molecule has 132 valence electrons. The predicted octanol–water partition coefficient (Wildman–Crippen LogP) is 3.82. The van der Waals surface area contributed by atoms with Crippen LogP contribution in [0.5, 0.6) is 0 Å². The van der Waals surface area contributed by atoms with Crippen molar-refractivity contribution >= 4 is 17.5 Å². The second-order valence-electron chi connectivity index (χ2n) is 6.42. The molecule has 1 aliphatic heterocycles. The van der Waals surface area contributed by atoms with Crippen LogP contribution in [0.2, 0.25) is 0 Å². The number of carbonyl (C=O) groups is 1. The Balaban J connectivity index is 1.88. The van der Waals surface area contributed by atoms with Gasteiger partial charge in [0.2, 0.25) is 5.95 Å². The normalized spacial score (nSPS) is 13.4. The molecule has 2 heterocycles. The Kier molecular flexibility index (Phi) is 5.64. The maximum Gasteiger partial charge on any atom is 0.272 e. The molecule has 0 bridgehead atoms. The van der Waals surface area contributed by atoms with Crippen molar-refractivity contribution in [1.82, 2.24) is 14.9 Å². The van der Waals surface area contributed by atoms with Gasteiger partial charge in [-0.05, 0) is 43.4 Å². The molecule has 3 rings (SSSR count). The zero-order chi connectivity index (χ0) is 17.6. The summed E-state index contributed by atoms with van der Waals surface area (Å²) < 4.78 is 0. The van der Waals surface area contributed by atoms with Crippen molar-refractivity contribution < 1.29 is 4.79 Å². The maximum atomic E-state index is 12.8. The Morgan fingerprint density at radius 3 is 2.68 bits per heavy atom. The number of nitrogens with zero attached hydrogens (tertiary/aromatic N) is 4. The number of hydrogen-bond donors (Lipinski definition) is 0. The molecule has 0 saturated heterocycles. The van der Waals surface area contributed by atoms with E-state index >= 15 is 0 Å². The van der Waals surface area contributed by atoms with E-state index in [0.29, 0.717) is 11.6 Å². The summed E-state index contributed by atoms with van der Waals surface area (Å²) in [5.74, 6) is 0.614. The van der Waals surface area contributed by atoms with Crippen molar-refractivity contribution in [2.24, 2.45) is 0 Å². The highest BCUT2D eigenvalue weighted by atomic mass is 16.2. The minimum Gasteiger partial charge on any atom is -0.337 e. The summed E-state index contributed by atoms with van der Waals surface area (Å²) in [7, 11) is 0. The monoisotopic (exact) mass is 338 g/mol. The number of aryl methyl sites for hydroxylation is 1. The lowest BCUT2D eigenvalue weighted by atomic mass is 10.0. The first-order valence-electron chi connectivity index (χ1n) is 9.22. The summed E-state index contributed by atoms with van der Waals surface area (Å²) in [5, 5.41) is 0. The molecular weight excluding hydrogens is 312 g/mol. The Labute approximate surface area is 149 Å². The molecule has 0 N–H and O–H groups in total. The lowest BCUT2D eigenvalue weighted by Crippen LogP contribution is -2.34. The molecular formula is C20H26N4O. The largest absolute Gasteiger partial charge is 0.337 e. The zero-order valence-electron chi connectivity index (χ0n) is 15.1. The van der Waals surface area contributed by atoms with Crippen LogP contribution in [0.15, 0.2) is 36.5 Å². The van der Waals surface area contributed by atoms with Crippen LogP contribution in [0, 0.1) is 0 Å². The fourth-order valence-corrected chi connectivity index (χ4v) is 3.36. The fourth-order valence-electron chi connectivity index (χ4n) is 3.36. The summed E-state index contributed by atoms with van der Waals surface area (Å²) in [6.45, 7) is 6.58. The summed E-state index contributed by atoms with van der Waals surface area (Å²) in [6.07, 6.45) is 5.73. The Morgan fingerprint density at radius 2 is 1.92 bits per heavy atom. The molecule has 25 heavy (non-hydrogen) atoms. The highest BCUT2D eigenvalue weighted by Gasteiger charge is 2.22. The second kappa shape index (κ2) is 8.10. The van der Waals surface area contributed by atoms with Gasteiger partial charge in [0, 0.05) is 31.5 Å². The number of aromatic nitrogens is 2. The SMILES string of the molecule is CCCN(CCC)C(=O)c1ccnc(N2CCCc3ccccc32)n1. The third-order valence-corrected chi connectivity index (χ3v) is 4.49. The van der Waals surface area contributed by atoms with Crippen molar-refractivity contribution in [3.63, 3.8) is 0 Å². The number of amides is 1. The molecule has 0 unspecified atom stereocenters. The van der Waals surface area contributed by atoms with E-state index in [9.17, 15) is 4.79 Å². The van der Waals surface area contributed by atoms with Gasteiger partial charge >= 0.3 is 0 Å². The van der Waals surface area contributed by atoms with Crippen molar-refractivity contribution in [2.45, 2.75) is 39.5 Å². The molecule has 0 fully saturated rings. The van der Waals surface area contributed by atoms with Crippen LogP contribution in [-0.2, 0) is 6.42 Å². The lowest BCUT2D eigenvalue weighted by Gasteiger charge is -2.29. The van der Waals surface area contributed by atoms with E-state index in [1.807, 2.05) is 11.0 Å². The second-order valence-corrected chi connectivity index (χ2v) is 6.42. The van der Waals surface area contributed by atoms with Gasteiger partial charge in [-0.3, -0.25) is 4.79 Å². The number of anilines is 2. The smallest absolute Gasteiger partial charge is 0.272 e. The highest BCUT2D eigenvalue weighted by Crippen LogP contribution is 2.31. The number of carbonyl (C=O) groups excluding carboxylic acids is 1. The van der Waals surface area contributed by atoms with Crippen LogP contribution in [-0.4, -0.2) is 40.4 Å². The van der Waals surface area contributed by atoms with Gasteiger partial charge in [-0.2, -0.15) is 0 Å². The molecule has 1 aromatic carbocycles. The van der Waals surface area contributed by atoms with Crippen molar-refractivity contribution in [1.29, 1.82) is 0 Å². The van der Waals surface area contributed by atoms with Gasteiger partial charge in [0.15, 0.2) is 0 Å². The molecule has 5 nitrogen and oxygen atoms in total. The molecule has 0 saturated carbocycles. The molecule has 0 atom stereocenters. The minimum absolute atomic E-state index is 0.00218. The van der Waals surface area contributed by atoms with Crippen molar-refractivity contribution in [3.05, 3.63) is 47.8 Å². The molecule has 1 amide bonds. The van der Waals surface area contributed by atoms with Gasteiger partial charge in [-0.25, -0.2) is 9.97 Å². The first-order valence-corrected chi connectivity index (χ1v) is 9.22. The number of rotatable bonds is 6. The van der Waals surface area contributed by atoms with Crippen LogP contribution in [0.1, 0.15) is 49.2 Å². The van der Waals surface area contributed by atoms with Gasteiger partial charge in [-0.15, -0.1) is 0 Å². The number of hydrogen-bond acceptors (Lipinski definition) is 4. The van der Waals surface area contributed by atoms with Crippen LogP contribution < -0.4 is 4.90 Å². The number of fused-ring (bicyclic) bond motifs is 1. The third kappa shape index (κ3) is 3.81. The van der Waals surface area contributed by atoms with Gasteiger partial charge in [0.05, 0.1) is 0 Å². The topological polar surface area (TPSA) is 49.3 Å². The first-order chi connectivity index (χ1) is 12.2. The lowest BCUT2D eigenvalue weighted by molar-refractivity contribution is 0.0749. The van der Waals surface area contributed by atoms with Crippen LogP contribution in [0.4, 0.5) is 11.6 Å². The molecule has 0 aliphatic carbocycles. The van der Waals surface area contributed by atoms with E-state index < -0.39 is 0 Å². The van der Waals surface area contributed by atoms with E-state index in [1.54, 1.807) is 12.3 Å². The van der Waals surface area contributed by atoms with E-state index in [0.717, 1.165) is 51.0 Å². The van der Waals surface area contributed by atoms with E-state index in [4.69, 9.17) is 0 Å². The maximum absolute atomic E-state index is 12.8. The third-order valence-electron chi connectivity index (χ3n) is 4.49. The van der Waals surface area contributed by atoms with E-state index in [2.05, 4.69) is 46.9 Å². The van der Waals surface area contributed by atoms with Crippen molar-refractivity contribution in [2.75, 3.05) is 24.5 Å². The van der Waals surface area contributed by atoms with E-state index in [-0.39, 0.29) is 5.91 Å². The minimum atomic E-state index is -0.00218. The Bertz CT molecular complexity index is 725. The van der Waals surface area contributed by atoms with Crippen molar-refractivity contribution in [3.8, 4) is 0 Å². The van der Waals surface area contributed by atoms with Crippen LogP contribution >= 0.6 is 0 Å². The first kappa shape index (κ1) is 17.4. The van der Waals surface area contributed by atoms with Crippen LogP contribution in [0.25, 0.3) is 0 Å². The molecule has 1 aliphatic rings. The van der Waals surface area contributed by atoms with Gasteiger partial charge < -0.3 is 9.80 Å². The van der Waals surface area contributed by atoms with Gasteiger partial charge in [0.25, 0.3) is 5.91 Å². The van der Waals surface area contributed by atoms with Crippen LogP contribution in [0.3, 0.4) is 0 Å². The summed E-state index contributed by atoms with van der Waals surface area (Å²) in [6, 6.07) is 10.1. The Morgan fingerprint density at radius 1 is 1.16 bits per heavy atom. The number of para-hydroxylation sites is 1. The predicted molar refractivity (Wildman–Crippen MR) is 100 cm³/mol. The number of benzene rings is 1. The Hall–Kier alpha value is -2.43. The average Bonchev–Trinajstić information content (AvgIpc) is 2.67. The molecule has 0 spiro atoms. The standard InChI is InChI=1S/C20H26N4O/c1-3-13-23(14-4-2)19(25)17-11-12-21-20(22-17)24-15-7-9-16-8-5-6-10-18(16)24/h5-6,8,10-12H,3-4,7,9,13-15H2,1-2H3. The quantitative estimate of drug-likeness (QED) is 0.803. The van der Waals surface area contributed by atoms with Gasteiger partial charge in [0.1, 0.15) is 5.69 Å². The molecule has 0 radical (unpaired) electrons. The molecule has 1 aromatic heterocycles. The fraction of sp³-hybridized carbons (Fsp3) is 0.450. The molecule has 5 heteroatoms. The summed E-state index contributed by atoms with van der Waals surface area (Å²) in [4.78, 5) is 25.9.